The van der Waals surface area contributed by atoms with Gasteiger partial charge in [0, 0.05) is 25.7 Å². The van der Waals surface area contributed by atoms with E-state index in [9.17, 15) is 43.2 Å². The first kappa shape index (κ1) is 99.5. The van der Waals surface area contributed by atoms with Crippen molar-refractivity contribution in [2.75, 3.05) is 39.6 Å². The molecule has 0 fully saturated rings. The highest BCUT2D eigenvalue weighted by molar-refractivity contribution is 7.47. The fraction of sp³-hybridized carbons (Fsp3) is 0.904. The molecule has 0 heterocycles. The van der Waals surface area contributed by atoms with Crippen molar-refractivity contribution in [2.45, 2.75) is 444 Å². The number of rotatable bonds is 82. The number of phosphoric ester groups is 2. The predicted octanol–water partition coefficient (Wildman–Crippen LogP) is 24.9. The molecule has 0 saturated carbocycles. The second-order valence-corrected chi connectivity index (χ2v) is 32.0. The van der Waals surface area contributed by atoms with Crippen LogP contribution in [0.3, 0.4) is 0 Å². The number of phosphoric acid groups is 2. The number of carbonyl (C=O) groups excluding carboxylic acids is 4. The number of hydrogen-bond donors (Lipinski definition) is 3. The molecule has 0 bridgehead atoms. The molecule has 0 aliphatic heterocycles. The summed E-state index contributed by atoms with van der Waals surface area (Å²) in [7, 11) is -9.94. The van der Waals surface area contributed by atoms with Crippen LogP contribution in [0.2, 0.25) is 0 Å². The van der Waals surface area contributed by atoms with Gasteiger partial charge < -0.3 is 33.8 Å². The minimum Gasteiger partial charge on any atom is -0.462 e. The maximum absolute atomic E-state index is 13.1. The van der Waals surface area contributed by atoms with Crippen molar-refractivity contribution in [3.8, 4) is 0 Å². The molecule has 0 rings (SSSR count). The molecule has 19 heteroatoms. The second-order valence-electron chi connectivity index (χ2n) is 29.1. The van der Waals surface area contributed by atoms with Crippen LogP contribution in [0.25, 0.3) is 0 Å². The standard InChI is InChI=1S/C83H158O17P2/c1-5-9-13-17-21-25-29-33-37-38-42-44-48-52-56-60-64-68-81(86)94-74-79(100-83(88)70-66-62-58-54-50-46-41-36-32-28-24-20-16-12-8-4)76-98-102(91,92)96-72-77(84)71-95-101(89,90)97-75-78(99-82(87)69-65-61-57-53-49-45-40-35-31-27-23-19-15-11-7-3)73-93-80(85)67-63-59-55-51-47-43-39-34-30-26-22-18-14-10-6-2/h34,36,39,41,77-79,84H,5-33,35,37-38,40,42-76H2,1-4H3,(H,89,90)(H,91,92)/b39-34-,41-36-/t77-,78-,79-/m1/s1. The minimum atomic E-state index is -4.97. The van der Waals surface area contributed by atoms with Crippen molar-refractivity contribution in [3.05, 3.63) is 24.3 Å². The number of hydrogen-bond acceptors (Lipinski definition) is 15. The zero-order valence-electron chi connectivity index (χ0n) is 66.1. The Morgan fingerprint density at radius 2 is 0.451 bits per heavy atom. The average molecular weight is 1490 g/mol. The Hall–Kier alpha value is -2.46. The van der Waals surface area contributed by atoms with Crippen LogP contribution < -0.4 is 0 Å². The summed E-state index contributed by atoms with van der Waals surface area (Å²) >= 11 is 0. The van der Waals surface area contributed by atoms with E-state index >= 15 is 0 Å². The highest BCUT2D eigenvalue weighted by Crippen LogP contribution is 2.45. The number of unbranched alkanes of at least 4 members (excludes halogenated alkanes) is 52. The van der Waals surface area contributed by atoms with E-state index in [-0.39, 0.29) is 25.7 Å². The first-order valence-corrected chi connectivity index (χ1v) is 45.6. The summed E-state index contributed by atoms with van der Waals surface area (Å²) in [6.45, 7) is 4.99. The molecule has 602 valence electrons. The summed E-state index contributed by atoms with van der Waals surface area (Å²) in [6, 6.07) is 0. The fourth-order valence-corrected chi connectivity index (χ4v) is 14.0. The topological polar surface area (TPSA) is 237 Å². The van der Waals surface area contributed by atoms with Gasteiger partial charge in [-0.3, -0.25) is 37.3 Å². The molecule has 5 atom stereocenters. The molecule has 0 aliphatic carbocycles. The van der Waals surface area contributed by atoms with Crippen molar-refractivity contribution in [3.63, 3.8) is 0 Å². The van der Waals surface area contributed by atoms with E-state index in [1.807, 2.05) is 0 Å². The Morgan fingerprint density at radius 3 is 0.676 bits per heavy atom. The van der Waals surface area contributed by atoms with Crippen LogP contribution >= 0.6 is 15.6 Å². The molecule has 0 radical (unpaired) electrons. The fourth-order valence-electron chi connectivity index (χ4n) is 12.4. The van der Waals surface area contributed by atoms with E-state index in [1.165, 1.54) is 225 Å². The van der Waals surface area contributed by atoms with E-state index in [4.69, 9.17) is 37.0 Å². The molecule has 0 amide bonds. The SMILES string of the molecule is CCCCCCCC/C=C\CCCCCCCC(=O)OC[C@H](COP(=O)(O)OC[C@@H](O)COP(=O)(O)OC[C@@H](COC(=O)CCCCCCCCCCCCCCCCCCC)OC(=O)CCCCCCC/C=C\CCCCCCCC)OC(=O)CCCCCCCCCCCCCCCCC. The van der Waals surface area contributed by atoms with Gasteiger partial charge in [-0.1, -0.05) is 347 Å². The van der Waals surface area contributed by atoms with Gasteiger partial charge in [0.2, 0.25) is 0 Å². The molecule has 0 aromatic rings. The van der Waals surface area contributed by atoms with Gasteiger partial charge in [0.1, 0.15) is 19.3 Å². The van der Waals surface area contributed by atoms with Gasteiger partial charge in [0.25, 0.3) is 0 Å². The number of esters is 4. The Balaban J connectivity index is 5.30. The molecular formula is C83H158O17P2. The molecule has 3 N–H and O–H groups in total. The van der Waals surface area contributed by atoms with Crippen LogP contribution in [0, 0.1) is 0 Å². The van der Waals surface area contributed by atoms with Crippen LogP contribution in [-0.2, 0) is 65.4 Å². The van der Waals surface area contributed by atoms with Gasteiger partial charge in [-0.25, -0.2) is 9.13 Å². The lowest BCUT2D eigenvalue weighted by Crippen LogP contribution is -2.30. The molecular weight excluding hydrogens is 1330 g/mol. The molecule has 17 nitrogen and oxygen atoms in total. The van der Waals surface area contributed by atoms with Crippen molar-refractivity contribution in [1.82, 2.24) is 0 Å². The van der Waals surface area contributed by atoms with Gasteiger partial charge in [-0.2, -0.15) is 0 Å². The molecule has 0 saturated heterocycles. The van der Waals surface area contributed by atoms with Crippen LogP contribution in [-0.4, -0.2) is 96.7 Å². The summed E-state index contributed by atoms with van der Waals surface area (Å²) < 4.78 is 68.8. The summed E-state index contributed by atoms with van der Waals surface area (Å²) in [5.74, 6) is -2.13. The van der Waals surface area contributed by atoms with E-state index < -0.39 is 97.5 Å². The Morgan fingerprint density at radius 1 is 0.265 bits per heavy atom. The molecule has 0 spiro atoms. The zero-order chi connectivity index (χ0) is 74.6. The van der Waals surface area contributed by atoms with Gasteiger partial charge in [-0.15, -0.1) is 0 Å². The van der Waals surface area contributed by atoms with Crippen molar-refractivity contribution >= 4 is 39.5 Å². The highest BCUT2D eigenvalue weighted by atomic mass is 31.2. The lowest BCUT2D eigenvalue weighted by molar-refractivity contribution is -0.161. The normalized spacial score (nSPS) is 13.9. The number of carbonyl (C=O) groups is 4. The van der Waals surface area contributed by atoms with Crippen LogP contribution in [0.1, 0.15) is 426 Å². The average Bonchev–Trinajstić information content (AvgIpc) is 0.926. The third-order valence-electron chi connectivity index (χ3n) is 18.9. The predicted molar refractivity (Wildman–Crippen MR) is 418 cm³/mol. The van der Waals surface area contributed by atoms with Gasteiger partial charge >= 0.3 is 39.5 Å². The number of ether oxygens (including phenoxy) is 4. The Labute approximate surface area is 624 Å². The third-order valence-corrected chi connectivity index (χ3v) is 20.8. The van der Waals surface area contributed by atoms with E-state index in [2.05, 4.69) is 52.0 Å². The molecule has 0 aliphatic rings. The summed E-state index contributed by atoms with van der Waals surface area (Å²) in [5.41, 5.74) is 0. The van der Waals surface area contributed by atoms with Crippen molar-refractivity contribution in [2.24, 2.45) is 0 Å². The lowest BCUT2D eigenvalue weighted by Gasteiger charge is -2.21. The molecule has 0 aromatic heterocycles. The first-order chi connectivity index (χ1) is 49.7. The summed E-state index contributed by atoms with van der Waals surface area (Å²) in [6.07, 6.45) is 72.8. The molecule has 102 heavy (non-hydrogen) atoms. The number of aliphatic hydroxyl groups is 1. The molecule has 2 unspecified atom stereocenters. The first-order valence-electron chi connectivity index (χ1n) is 42.6. The van der Waals surface area contributed by atoms with E-state index in [0.717, 1.165) is 122 Å². The van der Waals surface area contributed by atoms with Gasteiger partial charge in [-0.05, 0) is 77.0 Å². The smallest absolute Gasteiger partial charge is 0.462 e. The number of allylic oxidation sites excluding steroid dienone is 4. The van der Waals surface area contributed by atoms with Crippen molar-refractivity contribution < 1.29 is 80.2 Å². The van der Waals surface area contributed by atoms with Crippen molar-refractivity contribution in [1.29, 1.82) is 0 Å². The second kappa shape index (κ2) is 76.7. The maximum atomic E-state index is 13.1. The Bertz CT molecular complexity index is 2020. The third kappa shape index (κ3) is 75.8. The van der Waals surface area contributed by atoms with E-state index in [1.54, 1.807) is 0 Å². The maximum Gasteiger partial charge on any atom is 0.472 e. The lowest BCUT2D eigenvalue weighted by atomic mass is 10.0. The molecule has 0 aromatic carbocycles. The summed E-state index contributed by atoms with van der Waals surface area (Å²) in [5, 5.41) is 10.7. The minimum absolute atomic E-state index is 0.0941. The zero-order valence-corrected chi connectivity index (χ0v) is 67.9. The largest absolute Gasteiger partial charge is 0.472 e. The quantitative estimate of drug-likeness (QED) is 0.0169. The van der Waals surface area contributed by atoms with Crippen LogP contribution in [0.4, 0.5) is 0 Å². The highest BCUT2D eigenvalue weighted by Gasteiger charge is 2.30. The Kier molecular flexibility index (Phi) is 74.9. The monoisotopic (exact) mass is 1490 g/mol. The van der Waals surface area contributed by atoms with Gasteiger partial charge in [0.15, 0.2) is 12.2 Å². The van der Waals surface area contributed by atoms with Crippen LogP contribution in [0.15, 0.2) is 24.3 Å². The van der Waals surface area contributed by atoms with Gasteiger partial charge in [0.05, 0.1) is 26.4 Å². The van der Waals surface area contributed by atoms with E-state index in [0.29, 0.717) is 25.7 Å². The summed E-state index contributed by atoms with van der Waals surface area (Å²) in [4.78, 5) is 73.1. The number of aliphatic hydroxyl groups excluding tert-OH is 1. The van der Waals surface area contributed by atoms with Crippen LogP contribution in [0.5, 0.6) is 0 Å².